The molecular formula is C24H26N4O2. The zero-order chi connectivity index (χ0) is 20.8. The van der Waals surface area contributed by atoms with Crippen LogP contribution in [-0.2, 0) is 0 Å². The third-order valence-corrected chi connectivity index (χ3v) is 5.32. The Kier molecular flexibility index (Phi) is 6.23. The van der Waals surface area contributed by atoms with Gasteiger partial charge in [-0.3, -0.25) is 0 Å². The SMILES string of the molecule is Cc1ccc(OC2CCN(C(=O)NC(c3ccccc3)c3ccccc3)CC2)nn1. The molecule has 30 heavy (non-hydrogen) atoms. The van der Waals surface area contributed by atoms with Crippen molar-refractivity contribution in [3.8, 4) is 5.88 Å². The molecule has 0 aliphatic carbocycles. The number of urea groups is 1. The van der Waals surface area contributed by atoms with E-state index in [4.69, 9.17) is 4.74 Å². The largest absolute Gasteiger partial charge is 0.473 e. The van der Waals surface area contributed by atoms with E-state index in [9.17, 15) is 4.79 Å². The van der Waals surface area contributed by atoms with Crippen LogP contribution in [0.1, 0.15) is 35.7 Å². The van der Waals surface area contributed by atoms with E-state index in [0.29, 0.717) is 19.0 Å². The number of hydrogen-bond donors (Lipinski definition) is 1. The first-order valence-corrected chi connectivity index (χ1v) is 10.3. The molecule has 2 aromatic carbocycles. The number of nitrogens with one attached hydrogen (secondary N) is 1. The van der Waals surface area contributed by atoms with E-state index in [0.717, 1.165) is 29.7 Å². The van der Waals surface area contributed by atoms with E-state index in [1.54, 1.807) is 0 Å². The Morgan fingerprint density at radius 2 is 1.53 bits per heavy atom. The first-order chi connectivity index (χ1) is 14.7. The number of carbonyl (C=O) groups excluding carboxylic acids is 1. The van der Waals surface area contributed by atoms with Crippen molar-refractivity contribution in [2.45, 2.75) is 31.9 Å². The normalized spacial score (nSPS) is 14.5. The van der Waals surface area contributed by atoms with Crippen LogP contribution in [-0.4, -0.2) is 40.3 Å². The molecular weight excluding hydrogens is 376 g/mol. The minimum Gasteiger partial charge on any atom is -0.473 e. The molecule has 3 aromatic rings. The summed E-state index contributed by atoms with van der Waals surface area (Å²) in [5.41, 5.74) is 2.99. The summed E-state index contributed by atoms with van der Waals surface area (Å²) in [6, 6.07) is 23.6. The van der Waals surface area contributed by atoms with Gasteiger partial charge in [0.15, 0.2) is 0 Å². The van der Waals surface area contributed by atoms with Crippen LogP contribution in [0, 0.1) is 6.92 Å². The van der Waals surface area contributed by atoms with Gasteiger partial charge in [0.05, 0.1) is 11.7 Å². The van der Waals surface area contributed by atoms with E-state index < -0.39 is 0 Å². The molecule has 0 spiro atoms. The third-order valence-electron chi connectivity index (χ3n) is 5.32. The second-order valence-corrected chi connectivity index (χ2v) is 7.52. The zero-order valence-electron chi connectivity index (χ0n) is 17.1. The first-order valence-electron chi connectivity index (χ1n) is 10.3. The molecule has 1 saturated heterocycles. The Labute approximate surface area is 176 Å². The van der Waals surface area contributed by atoms with Crippen LogP contribution in [0.4, 0.5) is 4.79 Å². The average molecular weight is 402 g/mol. The molecule has 2 amide bonds. The van der Waals surface area contributed by atoms with Crippen molar-refractivity contribution >= 4 is 6.03 Å². The van der Waals surface area contributed by atoms with Crippen LogP contribution in [0.25, 0.3) is 0 Å². The smallest absolute Gasteiger partial charge is 0.318 e. The number of likely N-dealkylation sites (tertiary alicyclic amines) is 1. The fourth-order valence-electron chi connectivity index (χ4n) is 3.66. The lowest BCUT2D eigenvalue weighted by Gasteiger charge is -2.33. The predicted molar refractivity (Wildman–Crippen MR) is 115 cm³/mol. The lowest BCUT2D eigenvalue weighted by atomic mass is 9.99. The molecule has 0 bridgehead atoms. The number of aromatic nitrogens is 2. The fraction of sp³-hybridized carbons (Fsp3) is 0.292. The maximum absolute atomic E-state index is 13.0. The van der Waals surface area contributed by atoms with Gasteiger partial charge in [0.2, 0.25) is 5.88 Å². The lowest BCUT2D eigenvalue weighted by Crippen LogP contribution is -2.47. The topological polar surface area (TPSA) is 67.3 Å². The van der Waals surface area contributed by atoms with Crippen LogP contribution < -0.4 is 10.1 Å². The molecule has 1 fully saturated rings. The molecule has 0 radical (unpaired) electrons. The summed E-state index contributed by atoms with van der Waals surface area (Å²) < 4.78 is 5.93. The van der Waals surface area contributed by atoms with Gasteiger partial charge in [-0.15, -0.1) is 5.10 Å². The van der Waals surface area contributed by atoms with E-state index in [1.165, 1.54) is 0 Å². The van der Waals surface area contributed by atoms with Gasteiger partial charge < -0.3 is 15.0 Å². The Bertz CT molecular complexity index is 900. The van der Waals surface area contributed by atoms with Crippen LogP contribution in [0.3, 0.4) is 0 Å². The van der Waals surface area contributed by atoms with Crippen molar-refractivity contribution in [2.75, 3.05) is 13.1 Å². The predicted octanol–water partition coefficient (Wildman–Crippen LogP) is 4.13. The van der Waals surface area contributed by atoms with Crippen LogP contribution >= 0.6 is 0 Å². The molecule has 0 unspecified atom stereocenters. The first kappa shape index (κ1) is 19.9. The third kappa shape index (κ3) is 4.95. The van der Waals surface area contributed by atoms with Crippen LogP contribution in [0.2, 0.25) is 0 Å². The molecule has 6 heteroatoms. The number of amides is 2. The Balaban J connectivity index is 1.37. The maximum atomic E-state index is 13.0. The Morgan fingerprint density at radius 1 is 0.933 bits per heavy atom. The van der Waals surface area contributed by atoms with Crippen molar-refractivity contribution in [3.63, 3.8) is 0 Å². The zero-order valence-corrected chi connectivity index (χ0v) is 17.1. The highest BCUT2D eigenvalue weighted by Gasteiger charge is 2.26. The molecule has 1 aliphatic heterocycles. The van der Waals surface area contributed by atoms with Crippen LogP contribution in [0.5, 0.6) is 5.88 Å². The Morgan fingerprint density at radius 3 is 2.07 bits per heavy atom. The van der Waals surface area contributed by atoms with Crippen LogP contribution in [0.15, 0.2) is 72.8 Å². The summed E-state index contributed by atoms with van der Waals surface area (Å²) >= 11 is 0. The molecule has 1 aliphatic rings. The second kappa shape index (κ2) is 9.39. The number of rotatable bonds is 5. The van der Waals surface area contributed by atoms with Gasteiger partial charge in [0.25, 0.3) is 0 Å². The monoisotopic (exact) mass is 402 g/mol. The summed E-state index contributed by atoms with van der Waals surface area (Å²) in [5, 5.41) is 11.3. The number of benzene rings is 2. The van der Waals surface area contributed by atoms with Gasteiger partial charge in [0, 0.05) is 32.0 Å². The van der Waals surface area contributed by atoms with E-state index >= 15 is 0 Å². The van der Waals surface area contributed by atoms with Gasteiger partial charge in [-0.25, -0.2) is 4.79 Å². The molecule has 1 N–H and O–H groups in total. The standard InChI is InChI=1S/C24H26N4O2/c1-18-12-13-22(27-26-18)30-21-14-16-28(17-15-21)24(29)25-23(19-8-4-2-5-9-19)20-10-6-3-7-11-20/h2-13,21,23H,14-17H2,1H3,(H,25,29). The summed E-state index contributed by atoms with van der Waals surface area (Å²) in [4.78, 5) is 14.9. The van der Waals surface area contributed by atoms with Gasteiger partial charge in [-0.05, 0) is 24.1 Å². The van der Waals surface area contributed by atoms with Crippen molar-refractivity contribution < 1.29 is 9.53 Å². The van der Waals surface area contributed by atoms with E-state index in [2.05, 4.69) is 15.5 Å². The minimum atomic E-state index is -0.184. The number of piperidine rings is 1. The molecule has 2 heterocycles. The molecule has 6 nitrogen and oxygen atoms in total. The lowest BCUT2D eigenvalue weighted by molar-refractivity contribution is 0.106. The van der Waals surface area contributed by atoms with Gasteiger partial charge in [-0.2, -0.15) is 5.10 Å². The number of aryl methyl sites for hydroxylation is 1. The highest BCUT2D eigenvalue weighted by atomic mass is 16.5. The molecule has 1 aromatic heterocycles. The Hall–Kier alpha value is -3.41. The highest BCUT2D eigenvalue weighted by molar-refractivity contribution is 5.75. The van der Waals surface area contributed by atoms with Gasteiger partial charge >= 0.3 is 6.03 Å². The van der Waals surface area contributed by atoms with Gasteiger partial charge in [-0.1, -0.05) is 60.7 Å². The summed E-state index contributed by atoms with van der Waals surface area (Å²) in [7, 11) is 0. The number of nitrogens with zero attached hydrogens (tertiary/aromatic N) is 3. The summed E-state index contributed by atoms with van der Waals surface area (Å²) in [6.45, 7) is 3.18. The number of hydrogen-bond acceptors (Lipinski definition) is 4. The van der Waals surface area contributed by atoms with E-state index in [1.807, 2.05) is 84.6 Å². The highest BCUT2D eigenvalue weighted by Crippen LogP contribution is 2.23. The fourth-order valence-corrected chi connectivity index (χ4v) is 3.66. The van der Waals surface area contributed by atoms with Crippen molar-refractivity contribution in [1.82, 2.24) is 20.4 Å². The maximum Gasteiger partial charge on any atom is 0.318 e. The second-order valence-electron chi connectivity index (χ2n) is 7.52. The number of carbonyl (C=O) groups is 1. The summed E-state index contributed by atoms with van der Waals surface area (Å²) in [6.07, 6.45) is 1.58. The van der Waals surface area contributed by atoms with Crippen molar-refractivity contribution in [3.05, 3.63) is 89.6 Å². The molecule has 4 rings (SSSR count). The molecule has 154 valence electrons. The van der Waals surface area contributed by atoms with Crippen molar-refractivity contribution in [1.29, 1.82) is 0 Å². The molecule has 0 atom stereocenters. The van der Waals surface area contributed by atoms with Crippen molar-refractivity contribution in [2.24, 2.45) is 0 Å². The molecule has 0 saturated carbocycles. The van der Waals surface area contributed by atoms with E-state index in [-0.39, 0.29) is 18.2 Å². The quantitative estimate of drug-likeness (QED) is 0.697. The summed E-state index contributed by atoms with van der Waals surface area (Å²) in [5.74, 6) is 0.539. The van der Waals surface area contributed by atoms with Gasteiger partial charge in [0.1, 0.15) is 6.10 Å². The minimum absolute atomic E-state index is 0.0464. The average Bonchev–Trinajstić information content (AvgIpc) is 2.80. The number of ether oxygens (including phenoxy) is 1.